The van der Waals surface area contributed by atoms with Crippen LogP contribution in [-0.2, 0) is 4.79 Å². The number of amides is 1. The number of rotatable bonds is 10. The zero-order valence-corrected chi connectivity index (χ0v) is 20.5. The minimum absolute atomic E-state index is 0.0391. The minimum Gasteiger partial charge on any atom is -0.497 e. The molecule has 0 saturated carbocycles. The molecule has 0 aliphatic heterocycles. The molecule has 0 saturated heterocycles. The van der Waals surface area contributed by atoms with E-state index in [0.29, 0.717) is 28.0 Å². The molecule has 1 heterocycles. The number of anilines is 1. The molecule has 0 bridgehead atoms. The monoisotopic (exact) mass is 485 g/mol. The summed E-state index contributed by atoms with van der Waals surface area (Å²) in [5.41, 5.74) is 0.858. The smallest absolute Gasteiger partial charge is 0.274 e. The molecule has 1 amide bonds. The van der Waals surface area contributed by atoms with Crippen LogP contribution < -0.4 is 14.8 Å². The van der Waals surface area contributed by atoms with Crippen molar-refractivity contribution in [2.45, 2.75) is 45.0 Å². The van der Waals surface area contributed by atoms with Gasteiger partial charge >= 0.3 is 0 Å². The van der Waals surface area contributed by atoms with Crippen molar-refractivity contribution in [3.05, 3.63) is 64.0 Å². The summed E-state index contributed by atoms with van der Waals surface area (Å²) in [7, 11) is 1.60. The van der Waals surface area contributed by atoms with Crippen LogP contribution in [0.1, 0.15) is 44.3 Å². The van der Waals surface area contributed by atoms with Crippen LogP contribution >= 0.6 is 11.8 Å². The number of hydrogen-bond acceptors (Lipinski definition) is 8. The average molecular weight is 486 g/mol. The van der Waals surface area contributed by atoms with E-state index < -0.39 is 4.92 Å². The third-order valence-electron chi connectivity index (χ3n) is 4.97. The van der Waals surface area contributed by atoms with Gasteiger partial charge in [-0.05, 0) is 58.0 Å². The number of carbonyl (C=O) groups excluding carboxylic acids is 1. The van der Waals surface area contributed by atoms with Crippen molar-refractivity contribution in [2.75, 3.05) is 18.2 Å². The number of carbonyl (C=O) groups is 1. The number of nitrogens with one attached hydrogen (secondary N) is 1. The quantitative estimate of drug-likeness (QED) is 0.243. The Morgan fingerprint density at radius 2 is 1.82 bits per heavy atom. The largest absolute Gasteiger partial charge is 0.497 e. The number of nitrogens with zero attached hydrogens (tertiary/aromatic N) is 4. The van der Waals surface area contributed by atoms with Gasteiger partial charge < -0.3 is 19.4 Å². The van der Waals surface area contributed by atoms with E-state index in [0.717, 1.165) is 5.75 Å². The molecule has 180 valence electrons. The Morgan fingerprint density at radius 3 is 2.44 bits per heavy atom. The summed E-state index contributed by atoms with van der Waals surface area (Å²) in [5, 5.41) is 23.0. The molecule has 34 heavy (non-hydrogen) atoms. The van der Waals surface area contributed by atoms with E-state index in [-0.39, 0.29) is 29.5 Å². The highest BCUT2D eigenvalue weighted by molar-refractivity contribution is 7.99. The SMILES string of the molecule is COc1ccc(OC(C)c2nnc(SCC(=O)Nc3ccc(C)c([N+](=O)[O-])c3)n2C(C)C)cc1. The number of nitro benzene ring substituents is 1. The number of thioether (sulfide) groups is 1. The number of hydrogen-bond donors (Lipinski definition) is 1. The fourth-order valence-electron chi connectivity index (χ4n) is 3.27. The minimum atomic E-state index is -0.471. The first-order chi connectivity index (χ1) is 16.2. The molecule has 11 heteroatoms. The molecule has 1 atom stereocenters. The third-order valence-corrected chi connectivity index (χ3v) is 5.91. The molecule has 10 nitrogen and oxygen atoms in total. The van der Waals surface area contributed by atoms with Crippen LogP contribution in [0.5, 0.6) is 11.5 Å². The van der Waals surface area contributed by atoms with E-state index >= 15 is 0 Å². The van der Waals surface area contributed by atoms with Crippen molar-refractivity contribution < 1.29 is 19.2 Å². The molecular formula is C23H27N5O5S. The first kappa shape index (κ1) is 25.0. The molecule has 0 aliphatic carbocycles. The highest BCUT2D eigenvalue weighted by Gasteiger charge is 2.22. The summed E-state index contributed by atoms with van der Waals surface area (Å²) in [5.74, 6) is 1.82. The summed E-state index contributed by atoms with van der Waals surface area (Å²) >= 11 is 1.24. The van der Waals surface area contributed by atoms with E-state index in [1.165, 1.54) is 17.8 Å². The van der Waals surface area contributed by atoms with Gasteiger partial charge in [-0.2, -0.15) is 0 Å². The molecule has 2 aromatic carbocycles. The molecule has 0 aliphatic rings. The maximum absolute atomic E-state index is 12.5. The zero-order chi connectivity index (χ0) is 24.8. The first-order valence-corrected chi connectivity index (χ1v) is 11.6. The molecule has 0 radical (unpaired) electrons. The second-order valence-corrected chi connectivity index (χ2v) is 8.78. The van der Waals surface area contributed by atoms with Crippen molar-refractivity contribution in [1.82, 2.24) is 14.8 Å². The van der Waals surface area contributed by atoms with Gasteiger partial charge in [0, 0.05) is 23.4 Å². The molecule has 3 aromatic rings. The molecule has 3 rings (SSSR count). The van der Waals surface area contributed by atoms with Crippen molar-refractivity contribution in [3.8, 4) is 11.5 Å². The second kappa shape index (κ2) is 11.0. The van der Waals surface area contributed by atoms with Crippen LogP contribution in [0.15, 0.2) is 47.6 Å². The molecule has 1 aromatic heterocycles. The van der Waals surface area contributed by atoms with Crippen molar-refractivity contribution in [2.24, 2.45) is 0 Å². The maximum atomic E-state index is 12.5. The number of ether oxygens (including phenoxy) is 2. The number of aromatic nitrogens is 3. The van der Waals surface area contributed by atoms with Gasteiger partial charge in [0.15, 0.2) is 17.1 Å². The molecular weight excluding hydrogens is 458 g/mol. The fourth-order valence-corrected chi connectivity index (χ4v) is 4.15. The van der Waals surface area contributed by atoms with Crippen molar-refractivity contribution >= 4 is 29.0 Å². The Bertz CT molecular complexity index is 1160. The second-order valence-electron chi connectivity index (χ2n) is 7.84. The third kappa shape index (κ3) is 6.04. The number of methoxy groups -OCH3 is 1. The summed E-state index contributed by atoms with van der Waals surface area (Å²) < 4.78 is 13.1. The fraction of sp³-hybridized carbons (Fsp3) is 0.348. The topological polar surface area (TPSA) is 121 Å². The van der Waals surface area contributed by atoms with Crippen LogP contribution in [0.4, 0.5) is 11.4 Å². The number of nitro groups is 1. The Hall–Kier alpha value is -3.60. The van der Waals surface area contributed by atoms with Crippen LogP contribution in [-0.4, -0.2) is 38.5 Å². The van der Waals surface area contributed by atoms with E-state index in [1.54, 1.807) is 26.2 Å². The molecule has 1 N–H and O–H groups in total. The normalized spacial score (nSPS) is 11.8. The van der Waals surface area contributed by atoms with Gasteiger partial charge in [-0.1, -0.05) is 17.8 Å². The Labute approximate surface area is 201 Å². The summed E-state index contributed by atoms with van der Waals surface area (Å²) in [4.78, 5) is 23.1. The summed E-state index contributed by atoms with van der Waals surface area (Å²) in [6, 6.07) is 11.9. The molecule has 1 unspecified atom stereocenters. The van der Waals surface area contributed by atoms with Crippen molar-refractivity contribution in [3.63, 3.8) is 0 Å². The van der Waals surface area contributed by atoms with E-state index in [1.807, 2.05) is 49.6 Å². The number of benzene rings is 2. The lowest BCUT2D eigenvalue weighted by molar-refractivity contribution is -0.385. The standard InChI is InChI=1S/C23H27N5O5S/c1-14(2)27-22(16(4)33-19-10-8-18(32-5)9-11-19)25-26-23(27)34-13-21(29)24-17-7-6-15(3)20(12-17)28(30)31/h6-12,14,16H,13H2,1-5H3,(H,24,29). The Morgan fingerprint density at radius 1 is 1.15 bits per heavy atom. The summed E-state index contributed by atoms with van der Waals surface area (Å²) in [6.45, 7) is 7.54. The van der Waals surface area contributed by atoms with Gasteiger partial charge in [-0.25, -0.2) is 0 Å². The van der Waals surface area contributed by atoms with E-state index in [9.17, 15) is 14.9 Å². The predicted molar refractivity (Wildman–Crippen MR) is 130 cm³/mol. The molecule has 0 fully saturated rings. The summed E-state index contributed by atoms with van der Waals surface area (Å²) in [6.07, 6.45) is -0.375. The van der Waals surface area contributed by atoms with Crippen molar-refractivity contribution in [1.29, 1.82) is 0 Å². The highest BCUT2D eigenvalue weighted by Crippen LogP contribution is 2.29. The average Bonchev–Trinajstić information content (AvgIpc) is 3.24. The van der Waals surface area contributed by atoms with Gasteiger partial charge in [0.25, 0.3) is 5.69 Å². The molecule has 0 spiro atoms. The van der Waals surface area contributed by atoms with Gasteiger partial charge in [0.05, 0.1) is 17.8 Å². The van der Waals surface area contributed by atoms with E-state index in [4.69, 9.17) is 9.47 Å². The van der Waals surface area contributed by atoms with Gasteiger partial charge in [0.2, 0.25) is 5.91 Å². The first-order valence-electron chi connectivity index (χ1n) is 10.6. The predicted octanol–water partition coefficient (Wildman–Crippen LogP) is 4.96. The van der Waals surface area contributed by atoms with Crippen LogP contribution in [0.2, 0.25) is 0 Å². The van der Waals surface area contributed by atoms with Gasteiger partial charge in [-0.15, -0.1) is 10.2 Å². The Kier molecular flexibility index (Phi) is 8.11. The van der Waals surface area contributed by atoms with E-state index in [2.05, 4.69) is 15.5 Å². The van der Waals surface area contributed by atoms with Crippen LogP contribution in [0.3, 0.4) is 0 Å². The zero-order valence-electron chi connectivity index (χ0n) is 19.6. The maximum Gasteiger partial charge on any atom is 0.274 e. The lowest BCUT2D eigenvalue weighted by Crippen LogP contribution is -2.16. The van der Waals surface area contributed by atoms with Crippen LogP contribution in [0, 0.1) is 17.0 Å². The Balaban J connectivity index is 1.67. The van der Waals surface area contributed by atoms with Gasteiger partial charge in [-0.3, -0.25) is 14.9 Å². The number of aryl methyl sites for hydroxylation is 1. The van der Waals surface area contributed by atoms with Gasteiger partial charge in [0.1, 0.15) is 11.5 Å². The highest BCUT2D eigenvalue weighted by atomic mass is 32.2. The lowest BCUT2D eigenvalue weighted by Gasteiger charge is -2.19. The van der Waals surface area contributed by atoms with Crippen LogP contribution in [0.25, 0.3) is 0 Å². The lowest BCUT2D eigenvalue weighted by atomic mass is 10.2.